The first kappa shape index (κ1) is 13.6. The number of imidazole rings is 1. The number of carbonyl (C=O) groups excluding carboxylic acids is 1. The minimum atomic E-state index is -0.0678. The molecule has 0 aliphatic carbocycles. The average Bonchev–Trinajstić information content (AvgIpc) is 2.74. The van der Waals surface area contributed by atoms with Crippen LogP contribution >= 0.6 is 0 Å². The lowest BCUT2D eigenvalue weighted by Gasteiger charge is -2.15. The van der Waals surface area contributed by atoms with Crippen LogP contribution in [0.4, 0.5) is 0 Å². The molecule has 0 aliphatic heterocycles. The summed E-state index contributed by atoms with van der Waals surface area (Å²) in [6.45, 7) is 6.63. The maximum Gasteiger partial charge on any atom is 0.217 e. The monoisotopic (exact) mass is 259 g/mol. The Morgan fingerprint density at radius 1 is 1.42 bits per heavy atom. The van der Waals surface area contributed by atoms with Crippen LogP contribution in [0.15, 0.2) is 24.3 Å². The van der Waals surface area contributed by atoms with Crippen molar-refractivity contribution >= 4 is 16.9 Å². The Bertz CT molecular complexity index is 574. The third-order valence-electron chi connectivity index (χ3n) is 3.23. The molecule has 2 aromatic rings. The molecule has 1 aromatic heterocycles. The Kier molecular flexibility index (Phi) is 4.20. The lowest BCUT2D eigenvalue weighted by molar-refractivity contribution is -0.119. The van der Waals surface area contributed by atoms with Gasteiger partial charge in [0.1, 0.15) is 5.82 Å². The molecule has 0 spiro atoms. The van der Waals surface area contributed by atoms with Crippen molar-refractivity contribution in [1.29, 1.82) is 0 Å². The van der Waals surface area contributed by atoms with Crippen molar-refractivity contribution in [2.45, 2.75) is 46.2 Å². The highest BCUT2D eigenvalue weighted by atomic mass is 16.1. The number of para-hydroxylation sites is 2. The van der Waals surface area contributed by atoms with Gasteiger partial charge in [0.15, 0.2) is 0 Å². The van der Waals surface area contributed by atoms with Gasteiger partial charge in [0.2, 0.25) is 5.91 Å². The Balaban J connectivity index is 2.42. The van der Waals surface area contributed by atoms with Gasteiger partial charge < -0.3 is 9.88 Å². The molecule has 0 saturated heterocycles. The molecule has 1 aromatic carbocycles. The minimum Gasteiger partial charge on any atom is -0.347 e. The molecule has 0 radical (unpaired) electrons. The molecule has 19 heavy (non-hydrogen) atoms. The molecule has 1 atom stereocenters. The molecular weight excluding hydrogens is 238 g/mol. The zero-order chi connectivity index (χ0) is 13.8. The number of carbonyl (C=O) groups is 1. The number of nitrogens with zero attached hydrogens (tertiary/aromatic N) is 2. The van der Waals surface area contributed by atoms with Gasteiger partial charge in [-0.15, -0.1) is 0 Å². The van der Waals surface area contributed by atoms with Crippen LogP contribution in [0, 0.1) is 0 Å². The van der Waals surface area contributed by atoms with Gasteiger partial charge in [-0.2, -0.15) is 0 Å². The van der Waals surface area contributed by atoms with Gasteiger partial charge in [0, 0.05) is 13.5 Å². The lowest BCUT2D eigenvalue weighted by atomic mass is 10.2. The molecule has 0 fully saturated rings. The van der Waals surface area contributed by atoms with E-state index in [0.29, 0.717) is 0 Å². The number of amides is 1. The van der Waals surface area contributed by atoms with Crippen molar-refractivity contribution in [3.8, 4) is 0 Å². The van der Waals surface area contributed by atoms with Crippen molar-refractivity contribution in [2.24, 2.45) is 0 Å². The van der Waals surface area contributed by atoms with Gasteiger partial charge in [-0.05, 0) is 25.5 Å². The largest absolute Gasteiger partial charge is 0.347 e. The number of fused-ring (bicyclic) bond motifs is 1. The van der Waals surface area contributed by atoms with Crippen LogP contribution < -0.4 is 5.32 Å². The molecule has 1 unspecified atom stereocenters. The number of nitrogens with one attached hydrogen (secondary N) is 1. The van der Waals surface area contributed by atoms with Crippen LogP contribution in [-0.4, -0.2) is 15.5 Å². The third-order valence-corrected chi connectivity index (χ3v) is 3.23. The summed E-state index contributed by atoms with van der Waals surface area (Å²) in [7, 11) is 0. The first-order chi connectivity index (χ1) is 9.13. The third kappa shape index (κ3) is 2.95. The lowest BCUT2D eigenvalue weighted by Crippen LogP contribution is -2.26. The standard InChI is InChI=1S/C15H21N3O/c1-4-5-10-18-14-9-7-6-8-13(14)17-15(18)11(2)16-12(3)19/h6-9,11H,4-5,10H2,1-3H3,(H,16,19). The van der Waals surface area contributed by atoms with Crippen LogP contribution in [0.1, 0.15) is 45.5 Å². The summed E-state index contributed by atoms with van der Waals surface area (Å²) in [5.41, 5.74) is 2.13. The molecule has 0 bridgehead atoms. The van der Waals surface area contributed by atoms with Crippen molar-refractivity contribution in [3.63, 3.8) is 0 Å². The zero-order valence-corrected chi connectivity index (χ0v) is 11.8. The highest BCUT2D eigenvalue weighted by Gasteiger charge is 2.16. The van der Waals surface area contributed by atoms with Crippen molar-refractivity contribution in [3.05, 3.63) is 30.1 Å². The summed E-state index contributed by atoms with van der Waals surface area (Å²) in [5.74, 6) is 0.909. The Hall–Kier alpha value is -1.84. The fourth-order valence-electron chi connectivity index (χ4n) is 2.35. The SMILES string of the molecule is CCCCn1c(C(C)NC(C)=O)nc2ccccc21. The fraction of sp³-hybridized carbons (Fsp3) is 0.467. The van der Waals surface area contributed by atoms with E-state index in [2.05, 4.69) is 27.9 Å². The van der Waals surface area contributed by atoms with Crippen LogP contribution in [0.2, 0.25) is 0 Å². The quantitative estimate of drug-likeness (QED) is 0.897. The van der Waals surface area contributed by atoms with E-state index >= 15 is 0 Å². The number of rotatable bonds is 5. The zero-order valence-electron chi connectivity index (χ0n) is 11.8. The summed E-state index contributed by atoms with van der Waals surface area (Å²) in [6, 6.07) is 8.05. The molecule has 2 rings (SSSR count). The number of aryl methyl sites for hydroxylation is 1. The second-order valence-corrected chi connectivity index (χ2v) is 4.89. The summed E-state index contributed by atoms with van der Waals surface area (Å²) < 4.78 is 2.22. The normalized spacial score (nSPS) is 12.6. The second-order valence-electron chi connectivity index (χ2n) is 4.89. The molecule has 4 heteroatoms. The van der Waals surface area contributed by atoms with Gasteiger partial charge in [0.05, 0.1) is 17.1 Å². The van der Waals surface area contributed by atoms with E-state index in [4.69, 9.17) is 0 Å². The maximum atomic E-state index is 11.2. The second kappa shape index (κ2) is 5.87. The number of benzene rings is 1. The number of hydrogen-bond donors (Lipinski definition) is 1. The molecule has 0 aliphatic rings. The summed E-state index contributed by atoms with van der Waals surface area (Å²) >= 11 is 0. The smallest absolute Gasteiger partial charge is 0.217 e. The van der Waals surface area contributed by atoms with E-state index in [1.54, 1.807) is 0 Å². The van der Waals surface area contributed by atoms with Gasteiger partial charge in [-0.3, -0.25) is 4.79 Å². The number of aromatic nitrogens is 2. The van der Waals surface area contributed by atoms with Crippen molar-refractivity contribution in [1.82, 2.24) is 14.9 Å². The van der Waals surface area contributed by atoms with Crippen LogP contribution in [-0.2, 0) is 11.3 Å². The van der Waals surface area contributed by atoms with E-state index in [1.807, 2.05) is 25.1 Å². The topological polar surface area (TPSA) is 46.9 Å². The molecule has 1 N–H and O–H groups in total. The maximum absolute atomic E-state index is 11.2. The van der Waals surface area contributed by atoms with Gasteiger partial charge >= 0.3 is 0 Å². The van der Waals surface area contributed by atoms with E-state index < -0.39 is 0 Å². The highest BCUT2D eigenvalue weighted by Crippen LogP contribution is 2.21. The van der Waals surface area contributed by atoms with Crippen LogP contribution in [0.3, 0.4) is 0 Å². The molecule has 102 valence electrons. The summed E-state index contributed by atoms with van der Waals surface area (Å²) in [4.78, 5) is 15.9. The summed E-state index contributed by atoms with van der Waals surface area (Å²) in [6.07, 6.45) is 2.25. The van der Waals surface area contributed by atoms with Crippen molar-refractivity contribution < 1.29 is 4.79 Å². The molecule has 4 nitrogen and oxygen atoms in total. The van der Waals surface area contributed by atoms with Gasteiger partial charge in [-0.1, -0.05) is 25.5 Å². The number of unbranched alkanes of at least 4 members (excludes halogenated alkanes) is 1. The van der Waals surface area contributed by atoms with E-state index in [-0.39, 0.29) is 11.9 Å². The van der Waals surface area contributed by atoms with Gasteiger partial charge in [-0.25, -0.2) is 4.98 Å². The Labute approximate surface area is 113 Å². The molecule has 1 amide bonds. The first-order valence-corrected chi connectivity index (χ1v) is 6.85. The van der Waals surface area contributed by atoms with Crippen molar-refractivity contribution in [2.75, 3.05) is 0 Å². The molecular formula is C15H21N3O. The Morgan fingerprint density at radius 3 is 2.84 bits per heavy atom. The predicted molar refractivity (Wildman–Crippen MR) is 76.9 cm³/mol. The highest BCUT2D eigenvalue weighted by molar-refractivity contribution is 5.77. The first-order valence-electron chi connectivity index (χ1n) is 6.85. The molecule has 0 saturated carbocycles. The molecule has 1 heterocycles. The van der Waals surface area contributed by atoms with E-state index in [1.165, 1.54) is 6.92 Å². The predicted octanol–water partition coefficient (Wildman–Crippen LogP) is 3.03. The van der Waals surface area contributed by atoms with Crippen LogP contribution in [0.25, 0.3) is 11.0 Å². The van der Waals surface area contributed by atoms with E-state index in [0.717, 1.165) is 36.2 Å². The average molecular weight is 259 g/mol. The summed E-state index contributed by atoms with van der Waals surface area (Å²) in [5, 5.41) is 2.91. The Morgan fingerprint density at radius 2 is 2.16 bits per heavy atom. The van der Waals surface area contributed by atoms with E-state index in [9.17, 15) is 4.79 Å². The number of hydrogen-bond acceptors (Lipinski definition) is 2. The van der Waals surface area contributed by atoms with Gasteiger partial charge in [0.25, 0.3) is 0 Å². The minimum absolute atomic E-state index is 0.0263. The van der Waals surface area contributed by atoms with Crippen LogP contribution in [0.5, 0.6) is 0 Å². The fourth-order valence-corrected chi connectivity index (χ4v) is 2.35.